The Kier molecular flexibility index (Phi) is 6.40. The van der Waals surface area contributed by atoms with Crippen LogP contribution in [0.3, 0.4) is 0 Å². The minimum Gasteiger partial charge on any atom is -0.464 e. The number of hydrogen-bond acceptors (Lipinski definition) is 3. The van der Waals surface area contributed by atoms with Gasteiger partial charge in [-0.3, -0.25) is 4.79 Å². The smallest absolute Gasteiger partial charge is 0.329 e. The lowest BCUT2D eigenvalue weighted by Crippen LogP contribution is -2.50. The molecule has 0 aliphatic heterocycles. The van der Waals surface area contributed by atoms with Gasteiger partial charge in [0.05, 0.1) is 6.61 Å². The number of carbonyl (C=O) groups excluding carboxylic acids is 2. The Balaban J connectivity index is 2.75. The molecule has 1 aromatic carbocycles. The van der Waals surface area contributed by atoms with E-state index < -0.39 is 11.5 Å². The van der Waals surface area contributed by atoms with Gasteiger partial charge < -0.3 is 10.1 Å². The maximum Gasteiger partial charge on any atom is 0.329 e. The summed E-state index contributed by atoms with van der Waals surface area (Å²) in [6.07, 6.45) is 1.79. The molecule has 1 atom stereocenters. The fraction of sp³-hybridized carbons (Fsp3) is 0.529. The fourth-order valence-electron chi connectivity index (χ4n) is 1.83. The second-order valence-corrected chi connectivity index (χ2v) is 6.16. The van der Waals surface area contributed by atoms with Crippen molar-refractivity contribution in [2.45, 2.75) is 46.6 Å². The fourth-order valence-corrected chi connectivity index (χ4v) is 1.83. The van der Waals surface area contributed by atoms with Gasteiger partial charge in [-0.2, -0.15) is 0 Å². The molecule has 116 valence electrons. The van der Waals surface area contributed by atoms with Crippen LogP contribution in [0.1, 0.15) is 50.9 Å². The van der Waals surface area contributed by atoms with Crippen molar-refractivity contribution in [2.75, 3.05) is 6.61 Å². The van der Waals surface area contributed by atoms with Crippen LogP contribution in [0.25, 0.3) is 0 Å². The van der Waals surface area contributed by atoms with Crippen molar-refractivity contribution in [2.24, 2.45) is 5.41 Å². The van der Waals surface area contributed by atoms with E-state index in [4.69, 9.17) is 4.74 Å². The minimum absolute atomic E-state index is 0.261. The van der Waals surface area contributed by atoms with Crippen LogP contribution in [0, 0.1) is 5.41 Å². The van der Waals surface area contributed by atoms with Gasteiger partial charge in [0.15, 0.2) is 0 Å². The van der Waals surface area contributed by atoms with E-state index in [1.807, 2.05) is 33.8 Å². The van der Waals surface area contributed by atoms with Gasteiger partial charge in [-0.05, 0) is 24.0 Å². The highest BCUT2D eigenvalue weighted by molar-refractivity contribution is 5.96. The normalized spacial score (nSPS) is 12.6. The SMILES string of the molecule is CCCCOC(=O)[C@@H](NC(=O)c1ccccc1)C(C)(C)C. The van der Waals surface area contributed by atoms with Crippen LogP contribution in [0.15, 0.2) is 30.3 Å². The summed E-state index contributed by atoms with van der Waals surface area (Å²) in [7, 11) is 0. The van der Waals surface area contributed by atoms with Crippen molar-refractivity contribution >= 4 is 11.9 Å². The molecule has 0 saturated heterocycles. The molecule has 0 saturated carbocycles. The summed E-state index contributed by atoms with van der Waals surface area (Å²) < 4.78 is 5.25. The van der Waals surface area contributed by atoms with Crippen LogP contribution in [-0.2, 0) is 9.53 Å². The average Bonchev–Trinajstić information content (AvgIpc) is 2.44. The highest BCUT2D eigenvalue weighted by atomic mass is 16.5. The van der Waals surface area contributed by atoms with Crippen LogP contribution >= 0.6 is 0 Å². The number of unbranched alkanes of at least 4 members (excludes halogenated alkanes) is 1. The van der Waals surface area contributed by atoms with E-state index in [1.54, 1.807) is 24.3 Å². The molecule has 1 amide bonds. The number of nitrogens with one attached hydrogen (secondary N) is 1. The summed E-state index contributed by atoms with van der Waals surface area (Å²) in [5.74, 6) is -0.636. The summed E-state index contributed by atoms with van der Waals surface area (Å²) in [5.41, 5.74) is 0.126. The van der Waals surface area contributed by atoms with Crippen molar-refractivity contribution in [1.82, 2.24) is 5.32 Å². The molecule has 0 heterocycles. The van der Waals surface area contributed by atoms with Crippen LogP contribution < -0.4 is 5.32 Å². The van der Waals surface area contributed by atoms with E-state index in [1.165, 1.54) is 0 Å². The highest BCUT2D eigenvalue weighted by Crippen LogP contribution is 2.21. The lowest BCUT2D eigenvalue weighted by Gasteiger charge is -2.29. The molecule has 1 rings (SSSR count). The van der Waals surface area contributed by atoms with E-state index in [0.717, 1.165) is 12.8 Å². The van der Waals surface area contributed by atoms with Crippen LogP contribution in [0.2, 0.25) is 0 Å². The van der Waals surface area contributed by atoms with Crippen molar-refractivity contribution < 1.29 is 14.3 Å². The standard InChI is InChI=1S/C17H25NO3/c1-5-6-12-21-16(20)14(17(2,3)4)18-15(19)13-10-8-7-9-11-13/h7-11,14H,5-6,12H2,1-4H3,(H,18,19)/t14-/m1/s1. The molecule has 0 aliphatic rings. The summed E-state index contributed by atoms with van der Waals surface area (Å²) in [6, 6.07) is 8.20. The van der Waals surface area contributed by atoms with Crippen molar-refractivity contribution in [3.05, 3.63) is 35.9 Å². The van der Waals surface area contributed by atoms with Crippen molar-refractivity contribution in [3.63, 3.8) is 0 Å². The zero-order valence-corrected chi connectivity index (χ0v) is 13.3. The van der Waals surface area contributed by atoms with Gasteiger partial charge in [0, 0.05) is 5.56 Å². The molecule has 1 N–H and O–H groups in total. The Morgan fingerprint density at radius 2 is 1.81 bits per heavy atom. The third-order valence-electron chi connectivity index (χ3n) is 3.16. The number of hydrogen-bond donors (Lipinski definition) is 1. The molecule has 0 spiro atoms. The van der Waals surface area contributed by atoms with E-state index in [-0.39, 0.29) is 11.9 Å². The average molecular weight is 291 g/mol. The van der Waals surface area contributed by atoms with Gasteiger partial charge in [0.25, 0.3) is 5.91 Å². The van der Waals surface area contributed by atoms with Gasteiger partial charge in [-0.15, -0.1) is 0 Å². The number of ether oxygens (including phenoxy) is 1. The van der Waals surface area contributed by atoms with Crippen LogP contribution in [0.4, 0.5) is 0 Å². The quantitative estimate of drug-likeness (QED) is 0.647. The number of esters is 1. The Morgan fingerprint density at radius 3 is 2.33 bits per heavy atom. The predicted molar refractivity (Wildman–Crippen MR) is 83.0 cm³/mol. The number of carbonyl (C=O) groups is 2. The Labute approximate surface area is 126 Å². The molecule has 4 heteroatoms. The molecular formula is C17H25NO3. The molecule has 0 unspecified atom stereocenters. The maximum atomic E-state index is 12.2. The predicted octanol–water partition coefficient (Wildman–Crippen LogP) is 3.17. The summed E-state index contributed by atoms with van der Waals surface area (Å²) in [5, 5.41) is 2.79. The maximum absolute atomic E-state index is 12.2. The zero-order chi connectivity index (χ0) is 15.9. The highest BCUT2D eigenvalue weighted by Gasteiger charge is 2.34. The molecule has 0 aliphatic carbocycles. The molecule has 21 heavy (non-hydrogen) atoms. The second kappa shape index (κ2) is 7.81. The molecule has 1 aromatic rings. The Morgan fingerprint density at radius 1 is 1.19 bits per heavy atom. The number of rotatable bonds is 6. The Bertz CT molecular complexity index is 463. The zero-order valence-electron chi connectivity index (χ0n) is 13.3. The van der Waals surface area contributed by atoms with Gasteiger partial charge in [0.1, 0.15) is 6.04 Å². The first-order valence-electron chi connectivity index (χ1n) is 7.38. The molecule has 0 bridgehead atoms. The van der Waals surface area contributed by atoms with Crippen LogP contribution in [0.5, 0.6) is 0 Å². The molecule has 0 fully saturated rings. The Hall–Kier alpha value is -1.84. The van der Waals surface area contributed by atoms with E-state index in [0.29, 0.717) is 12.2 Å². The first-order chi connectivity index (χ1) is 9.86. The van der Waals surface area contributed by atoms with Crippen molar-refractivity contribution in [3.8, 4) is 0 Å². The lowest BCUT2D eigenvalue weighted by atomic mass is 9.86. The van der Waals surface area contributed by atoms with E-state index in [2.05, 4.69) is 5.32 Å². The molecule has 0 aromatic heterocycles. The molecular weight excluding hydrogens is 266 g/mol. The van der Waals surface area contributed by atoms with Gasteiger partial charge in [0.2, 0.25) is 0 Å². The largest absolute Gasteiger partial charge is 0.464 e. The summed E-state index contributed by atoms with van der Waals surface area (Å²) >= 11 is 0. The minimum atomic E-state index is -0.665. The molecule has 0 radical (unpaired) electrons. The number of benzene rings is 1. The van der Waals surface area contributed by atoms with Gasteiger partial charge in [-0.1, -0.05) is 52.3 Å². The second-order valence-electron chi connectivity index (χ2n) is 6.16. The van der Waals surface area contributed by atoms with Crippen molar-refractivity contribution in [1.29, 1.82) is 0 Å². The van der Waals surface area contributed by atoms with Crippen LogP contribution in [-0.4, -0.2) is 24.5 Å². The number of amides is 1. The van der Waals surface area contributed by atoms with Gasteiger partial charge in [-0.25, -0.2) is 4.79 Å². The lowest BCUT2D eigenvalue weighted by molar-refractivity contribution is -0.148. The monoisotopic (exact) mass is 291 g/mol. The third-order valence-corrected chi connectivity index (χ3v) is 3.16. The topological polar surface area (TPSA) is 55.4 Å². The first-order valence-corrected chi connectivity index (χ1v) is 7.38. The first kappa shape index (κ1) is 17.2. The molecule has 4 nitrogen and oxygen atoms in total. The third kappa shape index (κ3) is 5.58. The summed E-state index contributed by atoms with van der Waals surface area (Å²) in [6.45, 7) is 8.15. The van der Waals surface area contributed by atoms with E-state index in [9.17, 15) is 9.59 Å². The van der Waals surface area contributed by atoms with Gasteiger partial charge >= 0.3 is 5.97 Å². The summed E-state index contributed by atoms with van der Waals surface area (Å²) in [4.78, 5) is 24.4. The van der Waals surface area contributed by atoms with E-state index >= 15 is 0 Å².